The second-order valence-electron chi connectivity index (χ2n) is 5.56. The lowest BCUT2D eigenvalue weighted by atomic mass is 9.96. The average molecular weight is 277 g/mol. The van der Waals surface area contributed by atoms with Crippen molar-refractivity contribution < 1.29 is 5.11 Å². The summed E-state index contributed by atoms with van der Waals surface area (Å²) in [5.74, 6) is 0. The van der Waals surface area contributed by atoms with Crippen LogP contribution in [-0.2, 0) is 6.42 Å². The van der Waals surface area contributed by atoms with Crippen LogP contribution in [0.25, 0.3) is 10.9 Å². The highest BCUT2D eigenvalue weighted by atomic mass is 16.3. The van der Waals surface area contributed by atoms with Crippen LogP contribution in [0.15, 0.2) is 54.7 Å². The van der Waals surface area contributed by atoms with Gasteiger partial charge in [0.2, 0.25) is 0 Å². The summed E-state index contributed by atoms with van der Waals surface area (Å²) in [5.41, 5.74) is 5.57. The molecule has 3 aromatic rings. The van der Waals surface area contributed by atoms with Crippen LogP contribution in [0.4, 0.5) is 0 Å². The van der Waals surface area contributed by atoms with E-state index in [-0.39, 0.29) is 0 Å². The number of benzene rings is 2. The molecule has 0 saturated heterocycles. The predicted octanol–water partition coefficient (Wildman–Crippen LogP) is 4.13. The second kappa shape index (κ2) is 5.66. The van der Waals surface area contributed by atoms with Crippen molar-refractivity contribution in [3.8, 4) is 0 Å². The Hall–Kier alpha value is -2.19. The summed E-state index contributed by atoms with van der Waals surface area (Å²) in [4.78, 5) is 4.35. The molecule has 2 aromatic carbocycles. The van der Waals surface area contributed by atoms with E-state index in [1.165, 1.54) is 11.1 Å². The zero-order chi connectivity index (χ0) is 14.8. The standard InChI is InChI=1S/C19H19NO/c1-13-7-8-15(11-14(13)2)12-19(21)17-9-10-20-18-6-4-3-5-16(17)18/h3-11,19,21H,12H2,1-2H3. The van der Waals surface area contributed by atoms with E-state index >= 15 is 0 Å². The first-order chi connectivity index (χ1) is 10.1. The molecule has 3 rings (SSSR count). The third-order valence-electron chi connectivity index (χ3n) is 4.04. The lowest BCUT2D eigenvalue weighted by Crippen LogP contribution is -2.03. The van der Waals surface area contributed by atoms with Crippen molar-refractivity contribution in [3.05, 3.63) is 77.0 Å². The number of fused-ring (bicyclic) bond motifs is 1. The van der Waals surface area contributed by atoms with Crippen LogP contribution in [0.2, 0.25) is 0 Å². The molecule has 1 N–H and O–H groups in total. The zero-order valence-corrected chi connectivity index (χ0v) is 12.4. The Kier molecular flexibility index (Phi) is 3.72. The van der Waals surface area contributed by atoms with E-state index in [2.05, 4.69) is 37.0 Å². The van der Waals surface area contributed by atoms with Gasteiger partial charge in [-0.1, -0.05) is 36.4 Å². The number of rotatable bonds is 3. The molecule has 0 aliphatic heterocycles. The Balaban J connectivity index is 1.93. The topological polar surface area (TPSA) is 33.1 Å². The van der Waals surface area contributed by atoms with Crippen molar-refractivity contribution in [2.45, 2.75) is 26.4 Å². The van der Waals surface area contributed by atoms with Gasteiger partial charge in [0.1, 0.15) is 0 Å². The highest BCUT2D eigenvalue weighted by molar-refractivity contribution is 5.82. The van der Waals surface area contributed by atoms with Gasteiger partial charge in [-0.2, -0.15) is 0 Å². The summed E-state index contributed by atoms with van der Waals surface area (Å²) in [6.45, 7) is 4.21. The Morgan fingerprint density at radius 3 is 2.62 bits per heavy atom. The molecule has 0 radical (unpaired) electrons. The minimum atomic E-state index is -0.514. The molecule has 1 aromatic heterocycles. The Morgan fingerprint density at radius 1 is 1.00 bits per heavy atom. The summed E-state index contributed by atoms with van der Waals surface area (Å²) in [6.07, 6.45) is 1.87. The molecule has 1 atom stereocenters. The number of aliphatic hydroxyl groups is 1. The summed E-state index contributed by atoms with van der Waals surface area (Å²) in [5, 5.41) is 11.6. The number of hydrogen-bond donors (Lipinski definition) is 1. The van der Waals surface area contributed by atoms with E-state index in [9.17, 15) is 5.11 Å². The van der Waals surface area contributed by atoms with Crippen molar-refractivity contribution in [3.63, 3.8) is 0 Å². The van der Waals surface area contributed by atoms with Crippen LogP contribution >= 0.6 is 0 Å². The molecule has 106 valence electrons. The number of para-hydroxylation sites is 1. The minimum Gasteiger partial charge on any atom is -0.388 e. The van der Waals surface area contributed by atoms with Gasteiger partial charge in [0.15, 0.2) is 0 Å². The maximum atomic E-state index is 10.6. The fraction of sp³-hybridized carbons (Fsp3) is 0.211. The lowest BCUT2D eigenvalue weighted by molar-refractivity contribution is 0.180. The first-order valence-corrected chi connectivity index (χ1v) is 7.23. The third kappa shape index (κ3) is 2.81. The molecular formula is C19H19NO. The Morgan fingerprint density at radius 2 is 1.81 bits per heavy atom. The molecule has 0 aliphatic rings. The summed E-state index contributed by atoms with van der Waals surface area (Å²) in [6, 6.07) is 16.2. The van der Waals surface area contributed by atoms with E-state index in [0.717, 1.165) is 22.0 Å². The van der Waals surface area contributed by atoms with Crippen LogP contribution in [-0.4, -0.2) is 10.1 Å². The molecule has 2 nitrogen and oxygen atoms in total. The van der Waals surface area contributed by atoms with Crippen LogP contribution in [0.1, 0.15) is 28.4 Å². The van der Waals surface area contributed by atoms with Crippen molar-refractivity contribution in [2.24, 2.45) is 0 Å². The Labute approximate surface area is 125 Å². The van der Waals surface area contributed by atoms with Crippen molar-refractivity contribution >= 4 is 10.9 Å². The molecule has 0 bridgehead atoms. The molecule has 2 heteroatoms. The molecule has 1 unspecified atom stereocenters. The number of hydrogen-bond acceptors (Lipinski definition) is 2. The lowest BCUT2D eigenvalue weighted by Gasteiger charge is -2.14. The highest BCUT2D eigenvalue weighted by Gasteiger charge is 2.12. The van der Waals surface area contributed by atoms with Crippen LogP contribution in [0, 0.1) is 13.8 Å². The van der Waals surface area contributed by atoms with E-state index in [1.54, 1.807) is 6.20 Å². The third-order valence-corrected chi connectivity index (χ3v) is 4.04. The van der Waals surface area contributed by atoms with Crippen molar-refractivity contribution in [1.82, 2.24) is 4.98 Å². The molecule has 0 amide bonds. The largest absolute Gasteiger partial charge is 0.388 e. The van der Waals surface area contributed by atoms with Crippen LogP contribution in [0.5, 0.6) is 0 Å². The van der Waals surface area contributed by atoms with Gasteiger partial charge < -0.3 is 5.11 Å². The van der Waals surface area contributed by atoms with E-state index in [1.807, 2.05) is 30.3 Å². The van der Waals surface area contributed by atoms with Gasteiger partial charge in [-0.05, 0) is 48.2 Å². The fourth-order valence-corrected chi connectivity index (χ4v) is 2.67. The van der Waals surface area contributed by atoms with Crippen molar-refractivity contribution in [2.75, 3.05) is 0 Å². The number of aliphatic hydroxyl groups excluding tert-OH is 1. The molecule has 0 saturated carbocycles. The molecule has 1 heterocycles. The van der Waals surface area contributed by atoms with Gasteiger partial charge in [-0.3, -0.25) is 4.98 Å². The first kappa shape index (κ1) is 13.8. The van der Waals surface area contributed by atoms with Gasteiger partial charge in [0.25, 0.3) is 0 Å². The summed E-state index contributed by atoms with van der Waals surface area (Å²) >= 11 is 0. The van der Waals surface area contributed by atoms with Gasteiger partial charge in [0, 0.05) is 18.0 Å². The van der Waals surface area contributed by atoms with Gasteiger partial charge in [-0.15, -0.1) is 0 Å². The van der Waals surface area contributed by atoms with Crippen molar-refractivity contribution in [1.29, 1.82) is 0 Å². The fourth-order valence-electron chi connectivity index (χ4n) is 2.67. The normalized spacial score (nSPS) is 12.5. The first-order valence-electron chi connectivity index (χ1n) is 7.23. The summed E-state index contributed by atoms with van der Waals surface area (Å²) in [7, 11) is 0. The van der Waals surface area contributed by atoms with Gasteiger partial charge in [0.05, 0.1) is 11.6 Å². The minimum absolute atomic E-state index is 0.514. The quantitative estimate of drug-likeness (QED) is 0.781. The second-order valence-corrected chi connectivity index (χ2v) is 5.56. The maximum absolute atomic E-state index is 10.6. The smallest absolute Gasteiger partial charge is 0.0837 e. The molecule has 0 spiro atoms. The van der Waals surface area contributed by atoms with Gasteiger partial charge in [-0.25, -0.2) is 0 Å². The molecule has 21 heavy (non-hydrogen) atoms. The predicted molar refractivity (Wildman–Crippen MR) is 86.3 cm³/mol. The zero-order valence-electron chi connectivity index (χ0n) is 12.4. The number of pyridine rings is 1. The van der Waals surface area contributed by atoms with Gasteiger partial charge >= 0.3 is 0 Å². The molecule has 0 aliphatic carbocycles. The van der Waals surface area contributed by atoms with E-state index in [4.69, 9.17) is 0 Å². The number of aromatic nitrogens is 1. The van der Waals surface area contributed by atoms with E-state index in [0.29, 0.717) is 6.42 Å². The Bertz CT molecular complexity index is 774. The van der Waals surface area contributed by atoms with Crippen LogP contribution in [0.3, 0.4) is 0 Å². The number of aryl methyl sites for hydroxylation is 2. The summed E-state index contributed by atoms with van der Waals surface area (Å²) < 4.78 is 0. The monoisotopic (exact) mass is 277 g/mol. The van der Waals surface area contributed by atoms with E-state index < -0.39 is 6.10 Å². The SMILES string of the molecule is Cc1ccc(CC(O)c2ccnc3ccccc23)cc1C. The molecular weight excluding hydrogens is 258 g/mol. The maximum Gasteiger partial charge on any atom is 0.0837 e. The number of nitrogens with zero attached hydrogens (tertiary/aromatic N) is 1. The van der Waals surface area contributed by atoms with Crippen LogP contribution < -0.4 is 0 Å². The highest BCUT2D eigenvalue weighted by Crippen LogP contribution is 2.25. The molecule has 0 fully saturated rings. The average Bonchev–Trinajstić information content (AvgIpc) is 2.50.